The predicted octanol–water partition coefficient (Wildman–Crippen LogP) is 4.10. The van der Waals surface area contributed by atoms with Gasteiger partial charge in [0.15, 0.2) is 17.5 Å². The van der Waals surface area contributed by atoms with Crippen molar-refractivity contribution >= 4 is 29.9 Å². The van der Waals surface area contributed by atoms with Gasteiger partial charge in [-0.1, -0.05) is 30.3 Å². The first-order valence-corrected chi connectivity index (χ1v) is 9.51. The second kappa shape index (κ2) is 10.1. The van der Waals surface area contributed by atoms with Crippen molar-refractivity contribution in [3.63, 3.8) is 0 Å². The lowest BCUT2D eigenvalue weighted by atomic mass is 10.1. The Morgan fingerprint density at radius 3 is 2.60 bits per heavy atom. The van der Waals surface area contributed by atoms with Gasteiger partial charge in [0.2, 0.25) is 6.79 Å². The molecule has 9 heteroatoms. The summed E-state index contributed by atoms with van der Waals surface area (Å²) in [5.74, 6) is 2.69. The van der Waals surface area contributed by atoms with E-state index >= 15 is 0 Å². The van der Waals surface area contributed by atoms with Gasteiger partial charge in [-0.15, -0.1) is 24.0 Å². The number of guanidine groups is 1. The zero-order valence-electron chi connectivity index (χ0n) is 16.4. The maximum absolute atomic E-state index is 12.8. The summed E-state index contributed by atoms with van der Waals surface area (Å²) < 4.78 is 40.7. The van der Waals surface area contributed by atoms with Crippen molar-refractivity contribution in [3.8, 4) is 17.2 Å². The number of nitrogens with zero attached hydrogens (tertiary/aromatic N) is 1. The summed E-state index contributed by atoms with van der Waals surface area (Å²) in [5, 5.41) is 6.45. The van der Waals surface area contributed by atoms with Crippen molar-refractivity contribution in [2.24, 2.45) is 10.9 Å². The van der Waals surface area contributed by atoms with E-state index in [2.05, 4.69) is 44.6 Å². The van der Waals surface area contributed by atoms with Crippen molar-refractivity contribution in [1.82, 2.24) is 10.6 Å². The van der Waals surface area contributed by atoms with Crippen LogP contribution >= 0.6 is 24.0 Å². The normalized spacial score (nSPS) is 19.3. The fourth-order valence-electron chi connectivity index (χ4n) is 3.52. The predicted molar refractivity (Wildman–Crippen MR) is 120 cm³/mol. The average Bonchev–Trinajstić information content (AvgIpc) is 3.36. The number of ether oxygens (including phenoxy) is 3. The van der Waals surface area contributed by atoms with E-state index in [0.717, 1.165) is 13.0 Å². The summed E-state index contributed by atoms with van der Waals surface area (Å²) in [6.07, 6.45) is 1.14. The Morgan fingerprint density at radius 2 is 1.90 bits per heavy atom. The van der Waals surface area contributed by atoms with Gasteiger partial charge in [-0.3, -0.25) is 4.99 Å². The summed E-state index contributed by atoms with van der Waals surface area (Å²) in [5.41, 5.74) is 1.89. The molecule has 1 heterocycles. The summed E-state index contributed by atoms with van der Waals surface area (Å²) >= 11 is 0. The Bertz CT molecular complexity index is 883. The fourth-order valence-corrected chi connectivity index (χ4v) is 3.52. The number of nitrogens with one attached hydrogen (secondary N) is 2. The molecule has 2 aliphatic rings. The van der Waals surface area contributed by atoms with Crippen LogP contribution in [0.4, 0.5) is 8.78 Å². The molecule has 2 aromatic rings. The van der Waals surface area contributed by atoms with Crippen molar-refractivity contribution in [2.45, 2.75) is 25.5 Å². The smallest absolute Gasteiger partial charge is 0.387 e. The minimum atomic E-state index is -2.92. The highest BCUT2D eigenvalue weighted by molar-refractivity contribution is 14.0. The first-order chi connectivity index (χ1) is 14.1. The van der Waals surface area contributed by atoms with Crippen molar-refractivity contribution in [1.29, 1.82) is 0 Å². The zero-order valence-corrected chi connectivity index (χ0v) is 18.8. The largest absolute Gasteiger partial charge is 0.454 e. The molecule has 0 spiro atoms. The molecule has 1 aliphatic heterocycles. The molecule has 6 nitrogen and oxygen atoms in total. The highest BCUT2D eigenvalue weighted by Crippen LogP contribution is 2.46. The van der Waals surface area contributed by atoms with E-state index in [1.54, 1.807) is 13.1 Å². The number of aliphatic imine (C=N–C) groups is 1. The number of halogens is 3. The topological polar surface area (TPSA) is 64.1 Å². The van der Waals surface area contributed by atoms with Gasteiger partial charge >= 0.3 is 6.61 Å². The molecule has 1 aliphatic carbocycles. The lowest BCUT2D eigenvalue weighted by molar-refractivity contribution is -0.0505. The molecular formula is C21H24F2IN3O3. The zero-order chi connectivity index (χ0) is 20.2. The molecule has 0 bridgehead atoms. The number of alkyl halides is 2. The Hall–Kier alpha value is -2.30. The molecule has 2 N–H and O–H groups in total. The SMILES string of the molecule is CN=C(NCc1cc2c(cc1OC(F)F)OCO2)NCC1CC1c1ccccc1.I. The summed E-state index contributed by atoms with van der Waals surface area (Å²) in [6, 6.07) is 13.5. The van der Waals surface area contributed by atoms with Crippen LogP contribution in [0.5, 0.6) is 17.2 Å². The average molecular weight is 531 g/mol. The van der Waals surface area contributed by atoms with E-state index in [4.69, 9.17) is 9.47 Å². The quantitative estimate of drug-likeness (QED) is 0.320. The van der Waals surface area contributed by atoms with Gasteiger partial charge in [0.1, 0.15) is 5.75 Å². The Labute approximate surface area is 191 Å². The third-order valence-electron chi connectivity index (χ3n) is 5.12. The van der Waals surface area contributed by atoms with Crippen LogP contribution in [-0.2, 0) is 6.54 Å². The summed E-state index contributed by atoms with van der Waals surface area (Å²) in [7, 11) is 1.67. The third-order valence-corrected chi connectivity index (χ3v) is 5.12. The second-order valence-electron chi connectivity index (χ2n) is 7.01. The van der Waals surface area contributed by atoms with Crippen LogP contribution in [0.2, 0.25) is 0 Å². The Morgan fingerprint density at radius 1 is 1.17 bits per heavy atom. The number of rotatable bonds is 7. The van der Waals surface area contributed by atoms with Gasteiger partial charge in [-0.25, -0.2) is 0 Å². The molecule has 2 aromatic carbocycles. The van der Waals surface area contributed by atoms with Crippen molar-refractivity contribution in [2.75, 3.05) is 20.4 Å². The molecule has 0 aromatic heterocycles. The Kier molecular flexibility index (Phi) is 7.57. The maximum atomic E-state index is 12.8. The van der Waals surface area contributed by atoms with Crippen LogP contribution in [-0.4, -0.2) is 33.0 Å². The summed E-state index contributed by atoms with van der Waals surface area (Å²) in [6.45, 7) is -1.81. The van der Waals surface area contributed by atoms with E-state index in [-0.39, 0.29) is 43.1 Å². The molecular weight excluding hydrogens is 507 g/mol. The van der Waals surface area contributed by atoms with Crippen LogP contribution in [0, 0.1) is 5.92 Å². The van der Waals surface area contributed by atoms with E-state index in [1.165, 1.54) is 11.6 Å². The van der Waals surface area contributed by atoms with E-state index in [0.29, 0.717) is 34.9 Å². The van der Waals surface area contributed by atoms with Crippen LogP contribution in [0.1, 0.15) is 23.5 Å². The lowest BCUT2D eigenvalue weighted by Gasteiger charge is -2.15. The van der Waals surface area contributed by atoms with Crippen LogP contribution in [0.3, 0.4) is 0 Å². The molecule has 1 fully saturated rings. The molecule has 162 valence electrons. The van der Waals surface area contributed by atoms with Gasteiger partial charge in [-0.05, 0) is 29.9 Å². The third kappa shape index (κ3) is 5.44. The maximum Gasteiger partial charge on any atom is 0.387 e. The van der Waals surface area contributed by atoms with Crippen molar-refractivity contribution < 1.29 is 23.0 Å². The van der Waals surface area contributed by atoms with Crippen LogP contribution in [0.25, 0.3) is 0 Å². The standard InChI is InChI=1S/C21H23F2N3O3.HI/c1-24-21(25-10-14-7-16(14)13-5-3-2-4-6-13)26-11-15-8-18-19(28-12-27-18)9-17(15)29-20(22)23;/h2-6,8-9,14,16,20H,7,10-12H2,1H3,(H2,24,25,26);1H. The van der Waals surface area contributed by atoms with Gasteiger partial charge in [0, 0.05) is 31.8 Å². The molecule has 2 unspecified atom stereocenters. The van der Waals surface area contributed by atoms with Gasteiger partial charge in [-0.2, -0.15) is 8.78 Å². The second-order valence-corrected chi connectivity index (χ2v) is 7.01. The number of benzene rings is 2. The molecule has 0 radical (unpaired) electrons. The number of hydrogen-bond acceptors (Lipinski definition) is 4. The molecule has 1 saturated carbocycles. The first-order valence-electron chi connectivity index (χ1n) is 9.51. The minimum absolute atomic E-state index is 0. The minimum Gasteiger partial charge on any atom is -0.454 e. The van der Waals surface area contributed by atoms with Crippen LogP contribution in [0.15, 0.2) is 47.5 Å². The molecule has 30 heavy (non-hydrogen) atoms. The molecule has 0 saturated heterocycles. The van der Waals surface area contributed by atoms with E-state index in [9.17, 15) is 8.78 Å². The van der Waals surface area contributed by atoms with E-state index < -0.39 is 6.61 Å². The fraction of sp³-hybridized carbons (Fsp3) is 0.381. The molecule has 2 atom stereocenters. The molecule has 4 rings (SSSR count). The van der Waals surface area contributed by atoms with Gasteiger partial charge in [0.05, 0.1) is 0 Å². The lowest BCUT2D eigenvalue weighted by Crippen LogP contribution is -2.38. The summed E-state index contributed by atoms with van der Waals surface area (Å²) in [4.78, 5) is 4.21. The highest BCUT2D eigenvalue weighted by atomic mass is 127. The number of fused-ring (bicyclic) bond motifs is 1. The Balaban J connectivity index is 0.00000256. The van der Waals surface area contributed by atoms with Gasteiger partial charge < -0.3 is 24.8 Å². The first kappa shape index (κ1) is 22.4. The molecule has 0 amide bonds. The highest BCUT2D eigenvalue weighted by Gasteiger charge is 2.37. The van der Waals surface area contributed by atoms with Gasteiger partial charge in [0.25, 0.3) is 0 Å². The van der Waals surface area contributed by atoms with E-state index in [1.807, 2.05) is 6.07 Å². The van der Waals surface area contributed by atoms with Crippen LogP contribution < -0.4 is 24.8 Å². The number of hydrogen-bond donors (Lipinski definition) is 2. The van der Waals surface area contributed by atoms with Crippen molar-refractivity contribution in [3.05, 3.63) is 53.6 Å². The monoisotopic (exact) mass is 531 g/mol.